The minimum Gasteiger partial charge on any atom is -0.439 e. The van der Waals surface area contributed by atoms with Crippen molar-refractivity contribution in [2.45, 2.75) is 0 Å². The first kappa shape index (κ1) is 11.0. The molecule has 3 rings (SSSR count). The lowest BCUT2D eigenvalue weighted by molar-refractivity contribution is 0.462. The Morgan fingerprint density at radius 1 is 1.22 bits per heavy atom. The summed E-state index contributed by atoms with van der Waals surface area (Å²) in [7, 11) is 2.01. The Morgan fingerprint density at radius 2 is 2.11 bits per heavy atom. The largest absolute Gasteiger partial charge is 0.439 e. The quantitative estimate of drug-likeness (QED) is 0.662. The van der Waals surface area contributed by atoms with Gasteiger partial charge in [-0.2, -0.15) is 4.98 Å². The van der Waals surface area contributed by atoms with Gasteiger partial charge in [-0.15, -0.1) is 0 Å². The van der Waals surface area contributed by atoms with Crippen molar-refractivity contribution in [1.82, 2.24) is 14.5 Å². The van der Waals surface area contributed by atoms with Crippen LogP contribution in [0.25, 0.3) is 10.9 Å². The molecule has 90 valence electrons. The van der Waals surface area contributed by atoms with E-state index in [0.717, 1.165) is 16.7 Å². The number of rotatable bonds is 2. The highest BCUT2D eigenvalue weighted by molar-refractivity contribution is 6.28. The van der Waals surface area contributed by atoms with Gasteiger partial charge in [-0.1, -0.05) is 0 Å². The Kier molecular flexibility index (Phi) is 2.64. The van der Waals surface area contributed by atoms with Gasteiger partial charge in [0.1, 0.15) is 5.75 Å². The molecule has 5 heteroatoms. The minimum absolute atomic E-state index is 0.174. The van der Waals surface area contributed by atoms with Crippen molar-refractivity contribution < 1.29 is 4.74 Å². The minimum atomic E-state index is 0.174. The molecule has 0 saturated heterocycles. The maximum absolute atomic E-state index is 5.70. The second kappa shape index (κ2) is 4.31. The lowest BCUT2D eigenvalue weighted by Gasteiger charge is -2.05. The molecule has 2 aromatic heterocycles. The lowest BCUT2D eigenvalue weighted by atomic mass is 10.2. The fourth-order valence-corrected chi connectivity index (χ4v) is 1.96. The van der Waals surface area contributed by atoms with Crippen LogP contribution in [0.3, 0.4) is 0 Å². The van der Waals surface area contributed by atoms with Gasteiger partial charge in [0.15, 0.2) is 0 Å². The average molecular weight is 260 g/mol. The molecule has 0 radical (unpaired) electrons. The monoisotopic (exact) mass is 259 g/mol. The van der Waals surface area contributed by atoms with Crippen molar-refractivity contribution in [1.29, 1.82) is 0 Å². The molecule has 0 aliphatic rings. The van der Waals surface area contributed by atoms with E-state index in [1.165, 1.54) is 0 Å². The van der Waals surface area contributed by atoms with Gasteiger partial charge in [-0.25, -0.2) is 4.98 Å². The Labute approximate surface area is 109 Å². The van der Waals surface area contributed by atoms with E-state index in [-0.39, 0.29) is 5.28 Å². The zero-order valence-corrected chi connectivity index (χ0v) is 10.4. The number of halogens is 1. The van der Waals surface area contributed by atoms with Gasteiger partial charge in [-0.3, -0.25) is 0 Å². The van der Waals surface area contributed by atoms with Crippen LogP contribution in [-0.2, 0) is 7.05 Å². The van der Waals surface area contributed by atoms with Crippen LogP contribution in [0.15, 0.2) is 42.7 Å². The molecule has 0 unspecified atom stereocenters. The smallest absolute Gasteiger partial charge is 0.225 e. The molecule has 0 bridgehead atoms. The summed E-state index contributed by atoms with van der Waals surface area (Å²) in [6.07, 6.45) is 3.57. The van der Waals surface area contributed by atoms with Crippen LogP contribution in [0.2, 0.25) is 5.28 Å². The third kappa shape index (κ3) is 2.02. The van der Waals surface area contributed by atoms with E-state index in [0.29, 0.717) is 5.88 Å². The van der Waals surface area contributed by atoms with E-state index in [1.807, 2.05) is 37.5 Å². The first-order chi connectivity index (χ1) is 8.72. The highest BCUT2D eigenvalue weighted by atomic mass is 35.5. The second-order valence-electron chi connectivity index (χ2n) is 3.91. The lowest BCUT2D eigenvalue weighted by Crippen LogP contribution is -1.90. The molecule has 0 spiro atoms. The number of aryl methyl sites for hydroxylation is 1. The standard InChI is InChI=1S/C13H10ClN3O/c1-17-7-5-9-8-10(2-3-11(9)17)18-12-4-6-15-13(14)16-12/h2-8H,1H3. The Bertz CT molecular complexity index is 708. The summed E-state index contributed by atoms with van der Waals surface area (Å²) in [5, 5.41) is 1.29. The van der Waals surface area contributed by atoms with Crippen LogP contribution >= 0.6 is 11.6 Å². The maximum atomic E-state index is 5.70. The first-order valence-corrected chi connectivity index (χ1v) is 5.82. The molecule has 0 atom stereocenters. The first-order valence-electron chi connectivity index (χ1n) is 5.44. The summed E-state index contributed by atoms with van der Waals surface area (Å²) >= 11 is 5.70. The third-order valence-electron chi connectivity index (χ3n) is 2.68. The zero-order valence-electron chi connectivity index (χ0n) is 9.67. The van der Waals surface area contributed by atoms with Crippen LogP contribution in [0.1, 0.15) is 0 Å². The van der Waals surface area contributed by atoms with Crippen molar-refractivity contribution in [3.8, 4) is 11.6 Å². The summed E-state index contributed by atoms with van der Waals surface area (Å²) in [5.74, 6) is 1.16. The molecule has 0 N–H and O–H groups in total. The highest BCUT2D eigenvalue weighted by Gasteiger charge is 2.03. The molecule has 4 nitrogen and oxygen atoms in total. The van der Waals surface area contributed by atoms with Crippen LogP contribution in [0, 0.1) is 0 Å². The van der Waals surface area contributed by atoms with Crippen LogP contribution in [0.5, 0.6) is 11.6 Å². The highest BCUT2D eigenvalue weighted by Crippen LogP contribution is 2.25. The summed E-state index contributed by atoms with van der Waals surface area (Å²) in [6, 6.07) is 9.58. The van der Waals surface area contributed by atoms with Crippen molar-refractivity contribution in [3.63, 3.8) is 0 Å². The van der Waals surface area contributed by atoms with E-state index in [1.54, 1.807) is 12.3 Å². The normalized spacial score (nSPS) is 10.8. The van der Waals surface area contributed by atoms with Crippen molar-refractivity contribution in [3.05, 3.63) is 48.0 Å². The number of hydrogen-bond donors (Lipinski definition) is 0. The second-order valence-corrected chi connectivity index (χ2v) is 4.25. The van der Waals surface area contributed by atoms with E-state index in [4.69, 9.17) is 16.3 Å². The van der Waals surface area contributed by atoms with Crippen LogP contribution in [-0.4, -0.2) is 14.5 Å². The van der Waals surface area contributed by atoms with E-state index in [9.17, 15) is 0 Å². The Morgan fingerprint density at radius 3 is 2.94 bits per heavy atom. The SMILES string of the molecule is Cn1ccc2cc(Oc3ccnc(Cl)n3)ccc21. The topological polar surface area (TPSA) is 39.9 Å². The van der Waals surface area contributed by atoms with Gasteiger partial charge in [0, 0.05) is 36.4 Å². The van der Waals surface area contributed by atoms with Crippen LogP contribution in [0.4, 0.5) is 0 Å². The molecular weight excluding hydrogens is 250 g/mol. The molecular formula is C13H10ClN3O. The molecule has 0 fully saturated rings. The maximum Gasteiger partial charge on any atom is 0.225 e. The summed E-state index contributed by atoms with van der Waals surface area (Å²) in [5.41, 5.74) is 1.16. The van der Waals surface area contributed by atoms with Crippen molar-refractivity contribution >= 4 is 22.5 Å². The van der Waals surface area contributed by atoms with Gasteiger partial charge in [0.2, 0.25) is 11.2 Å². The molecule has 0 aliphatic carbocycles. The Hall–Kier alpha value is -2.07. The molecule has 1 aromatic carbocycles. The van der Waals surface area contributed by atoms with Crippen molar-refractivity contribution in [2.24, 2.45) is 7.05 Å². The number of ether oxygens (including phenoxy) is 1. The number of benzene rings is 1. The predicted molar refractivity (Wildman–Crippen MR) is 70.0 cm³/mol. The zero-order chi connectivity index (χ0) is 12.5. The summed E-state index contributed by atoms with van der Waals surface area (Å²) < 4.78 is 7.69. The van der Waals surface area contributed by atoms with E-state index in [2.05, 4.69) is 14.5 Å². The molecule has 0 amide bonds. The van der Waals surface area contributed by atoms with Gasteiger partial charge < -0.3 is 9.30 Å². The fraction of sp³-hybridized carbons (Fsp3) is 0.0769. The fourth-order valence-electron chi connectivity index (χ4n) is 1.82. The molecule has 0 saturated carbocycles. The number of fused-ring (bicyclic) bond motifs is 1. The predicted octanol–water partition coefficient (Wildman–Crippen LogP) is 3.41. The van der Waals surface area contributed by atoms with Gasteiger partial charge in [-0.05, 0) is 35.9 Å². The molecule has 2 heterocycles. The third-order valence-corrected chi connectivity index (χ3v) is 2.86. The van der Waals surface area contributed by atoms with Gasteiger partial charge in [0.25, 0.3) is 0 Å². The molecule has 3 aromatic rings. The summed E-state index contributed by atoms with van der Waals surface area (Å²) in [4.78, 5) is 7.79. The van der Waals surface area contributed by atoms with Gasteiger partial charge in [0.05, 0.1) is 0 Å². The Balaban J connectivity index is 1.95. The number of aromatic nitrogens is 3. The van der Waals surface area contributed by atoms with Crippen molar-refractivity contribution in [2.75, 3.05) is 0 Å². The van der Waals surface area contributed by atoms with Crippen LogP contribution < -0.4 is 4.74 Å². The number of nitrogens with zero attached hydrogens (tertiary/aromatic N) is 3. The van der Waals surface area contributed by atoms with Gasteiger partial charge >= 0.3 is 0 Å². The van der Waals surface area contributed by atoms with E-state index >= 15 is 0 Å². The molecule has 18 heavy (non-hydrogen) atoms. The average Bonchev–Trinajstić information content (AvgIpc) is 2.71. The number of hydrogen-bond acceptors (Lipinski definition) is 3. The van der Waals surface area contributed by atoms with E-state index < -0.39 is 0 Å². The molecule has 0 aliphatic heterocycles. The summed E-state index contributed by atoms with van der Waals surface area (Å²) in [6.45, 7) is 0.